The van der Waals surface area contributed by atoms with Crippen LogP contribution in [0, 0.1) is 13.8 Å². The maximum atomic E-state index is 10.4. The van der Waals surface area contributed by atoms with Gasteiger partial charge < -0.3 is 0 Å². The molecule has 0 spiro atoms. The Hall–Kier alpha value is -0.531. The molecule has 3 heteroatoms. The Labute approximate surface area is 65.2 Å². The molecule has 0 saturated heterocycles. The van der Waals surface area contributed by atoms with Gasteiger partial charge in [-0.2, -0.15) is 0 Å². The van der Waals surface area contributed by atoms with Crippen LogP contribution in [0.1, 0.15) is 19.2 Å². The number of carboxylic acids is 1. The third kappa shape index (κ3) is 1.31. The normalized spacial score (nSPS) is 9.80. The first-order valence-electron chi connectivity index (χ1n) is 2.91. The van der Waals surface area contributed by atoms with E-state index in [-0.39, 0.29) is 14.5 Å². The second-order valence-corrected chi connectivity index (χ2v) is 4.79. The Morgan fingerprint density at radius 1 is 1.60 bits per heavy atom. The van der Waals surface area contributed by atoms with E-state index in [4.69, 9.17) is 5.11 Å². The van der Waals surface area contributed by atoms with Gasteiger partial charge in [0, 0.05) is 0 Å². The Morgan fingerprint density at radius 2 is 2.20 bits per heavy atom. The first-order valence-corrected chi connectivity index (χ1v) is 4.63. The van der Waals surface area contributed by atoms with E-state index in [9.17, 15) is 4.79 Å². The molecule has 0 saturated carbocycles. The first-order chi connectivity index (χ1) is 4.61. The van der Waals surface area contributed by atoms with Gasteiger partial charge >= 0.3 is 64.7 Å². The first kappa shape index (κ1) is 7.58. The van der Waals surface area contributed by atoms with Gasteiger partial charge in [-0.15, -0.1) is 0 Å². The van der Waals surface area contributed by atoms with E-state index in [2.05, 4.69) is 0 Å². The molecule has 54 valence electrons. The van der Waals surface area contributed by atoms with Gasteiger partial charge in [0.15, 0.2) is 0 Å². The predicted octanol–water partition coefficient (Wildman–Crippen LogP) is 1.06. The van der Waals surface area contributed by atoms with Crippen LogP contribution < -0.4 is 0 Å². The summed E-state index contributed by atoms with van der Waals surface area (Å²) in [6.07, 6.45) is 0. The number of carbonyl (C=O) groups is 1. The summed E-state index contributed by atoms with van der Waals surface area (Å²) in [7, 11) is 0. The van der Waals surface area contributed by atoms with Crippen LogP contribution >= 0.6 is 0 Å². The molecular formula is C7H8O2Se. The fourth-order valence-electron chi connectivity index (χ4n) is 0.679. The Bertz CT molecular complexity index is 243. The van der Waals surface area contributed by atoms with E-state index in [1.54, 1.807) is 6.07 Å². The summed E-state index contributed by atoms with van der Waals surface area (Å²) in [6, 6.07) is 1.76. The van der Waals surface area contributed by atoms with Gasteiger partial charge in [-0.1, -0.05) is 0 Å². The van der Waals surface area contributed by atoms with E-state index < -0.39 is 5.97 Å². The van der Waals surface area contributed by atoms with Gasteiger partial charge in [-0.25, -0.2) is 0 Å². The number of hydrogen-bond donors (Lipinski definition) is 1. The van der Waals surface area contributed by atoms with Crippen LogP contribution in [0.15, 0.2) is 6.07 Å². The second kappa shape index (κ2) is 2.60. The standard InChI is InChI=1S/C7H8O2Se/c1-4-3-6(7(8)9)10-5(4)2/h3H,1-2H3,(H,8,9). The maximum absolute atomic E-state index is 10.4. The minimum absolute atomic E-state index is 0.0793. The van der Waals surface area contributed by atoms with Crippen molar-refractivity contribution in [2.45, 2.75) is 13.8 Å². The molecule has 0 fully saturated rings. The average Bonchev–Trinajstić information content (AvgIpc) is 2.13. The summed E-state index contributed by atoms with van der Waals surface area (Å²) < 4.78 is 1.80. The zero-order chi connectivity index (χ0) is 7.72. The van der Waals surface area contributed by atoms with E-state index in [0.29, 0.717) is 4.44 Å². The third-order valence-corrected chi connectivity index (χ3v) is 3.77. The third-order valence-electron chi connectivity index (χ3n) is 1.38. The van der Waals surface area contributed by atoms with Gasteiger partial charge in [0.05, 0.1) is 0 Å². The van der Waals surface area contributed by atoms with Crippen LogP contribution in [-0.2, 0) is 0 Å². The quantitative estimate of drug-likeness (QED) is 0.693. The van der Waals surface area contributed by atoms with Gasteiger partial charge in [-0.3, -0.25) is 0 Å². The molecule has 2 nitrogen and oxygen atoms in total. The van der Waals surface area contributed by atoms with Crippen molar-refractivity contribution in [3.05, 3.63) is 20.5 Å². The molecule has 10 heavy (non-hydrogen) atoms. The molecule has 1 N–H and O–H groups in total. The fraction of sp³-hybridized carbons (Fsp3) is 0.286. The zero-order valence-electron chi connectivity index (χ0n) is 5.84. The van der Waals surface area contributed by atoms with Crippen LogP contribution in [0.5, 0.6) is 0 Å². The molecule has 0 aliphatic heterocycles. The molecule has 0 aromatic carbocycles. The molecule has 1 aromatic rings. The van der Waals surface area contributed by atoms with Crippen LogP contribution in [0.4, 0.5) is 0 Å². The van der Waals surface area contributed by atoms with Crippen LogP contribution in [0.25, 0.3) is 0 Å². The Morgan fingerprint density at radius 3 is 2.40 bits per heavy atom. The van der Waals surface area contributed by atoms with Crippen molar-refractivity contribution in [2.24, 2.45) is 0 Å². The van der Waals surface area contributed by atoms with E-state index in [1.807, 2.05) is 13.8 Å². The number of rotatable bonds is 1. The molecular weight excluding hydrogens is 195 g/mol. The van der Waals surface area contributed by atoms with Crippen molar-refractivity contribution in [1.82, 2.24) is 0 Å². The molecule has 0 aliphatic carbocycles. The molecule has 0 radical (unpaired) electrons. The van der Waals surface area contributed by atoms with Crippen molar-refractivity contribution < 1.29 is 9.90 Å². The molecule has 0 bridgehead atoms. The van der Waals surface area contributed by atoms with Crippen molar-refractivity contribution in [3.63, 3.8) is 0 Å². The SMILES string of the molecule is Cc1cc(C(=O)O)[se]c1C. The Kier molecular flexibility index (Phi) is 1.97. The molecule has 1 rings (SSSR count). The van der Waals surface area contributed by atoms with E-state index in [1.165, 1.54) is 4.44 Å². The summed E-state index contributed by atoms with van der Waals surface area (Å²) in [4.78, 5) is 10.4. The van der Waals surface area contributed by atoms with Gasteiger partial charge in [0.1, 0.15) is 0 Å². The van der Waals surface area contributed by atoms with Crippen LogP contribution in [-0.4, -0.2) is 25.6 Å². The van der Waals surface area contributed by atoms with Crippen molar-refractivity contribution in [2.75, 3.05) is 0 Å². The number of aromatic carboxylic acids is 1. The fourth-order valence-corrected chi connectivity index (χ4v) is 2.51. The average molecular weight is 203 g/mol. The number of aryl methyl sites for hydroxylation is 2. The van der Waals surface area contributed by atoms with E-state index in [0.717, 1.165) is 5.56 Å². The zero-order valence-corrected chi connectivity index (χ0v) is 7.55. The van der Waals surface area contributed by atoms with E-state index >= 15 is 0 Å². The summed E-state index contributed by atoms with van der Waals surface area (Å²) in [5, 5.41) is 8.57. The van der Waals surface area contributed by atoms with Gasteiger partial charge in [0.25, 0.3) is 0 Å². The summed E-state index contributed by atoms with van der Waals surface area (Å²) in [6.45, 7) is 3.94. The predicted molar refractivity (Wildman–Crippen MR) is 39.8 cm³/mol. The number of carboxylic acid groups (broad SMARTS) is 1. The van der Waals surface area contributed by atoms with Crippen LogP contribution in [0.3, 0.4) is 0 Å². The Balaban J connectivity index is 3.10. The molecule has 1 aromatic heterocycles. The second-order valence-electron chi connectivity index (χ2n) is 2.16. The summed E-state index contributed by atoms with van der Waals surface area (Å²) >= 11 is 0.0793. The van der Waals surface area contributed by atoms with Crippen molar-refractivity contribution in [3.8, 4) is 0 Å². The minimum atomic E-state index is -0.767. The van der Waals surface area contributed by atoms with Gasteiger partial charge in [0.2, 0.25) is 0 Å². The monoisotopic (exact) mass is 204 g/mol. The topological polar surface area (TPSA) is 37.3 Å². The molecule has 0 amide bonds. The summed E-state index contributed by atoms with van der Waals surface area (Å²) in [5.74, 6) is -0.767. The van der Waals surface area contributed by atoms with Crippen molar-refractivity contribution in [1.29, 1.82) is 0 Å². The molecule has 0 aliphatic rings. The molecule has 1 heterocycles. The van der Waals surface area contributed by atoms with Crippen molar-refractivity contribution >= 4 is 20.5 Å². The van der Waals surface area contributed by atoms with Gasteiger partial charge in [-0.05, 0) is 0 Å². The number of hydrogen-bond acceptors (Lipinski definition) is 1. The van der Waals surface area contributed by atoms with Crippen LogP contribution in [0.2, 0.25) is 0 Å². The molecule has 0 unspecified atom stereocenters. The summed E-state index contributed by atoms with van der Waals surface area (Å²) in [5.41, 5.74) is 1.12. The molecule has 0 atom stereocenters.